The lowest BCUT2D eigenvalue weighted by Gasteiger charge is -2.20. The van der Waals surface area contributed by atoms with Crippen LogP contribution in [0.5, 0.6) is 11.5 Å². The monoisotopic (exact) mass is 741 g/mol. The van der Waals surface area contributed by atoms with Crippen LogP contribution in [0.2, 0.25) is 0 Å². The highest BCUT2D eigenvalue weighted by molar-refractivity contribution is 6.07. The van der Waals surface area contributed by atoms with E-state index in [1.54, 1.807) is 24.3 Å². The summed E-state index contributed by atoms with van der Waals surface area (Å²) >= 11 is 0. The van der Waals surface area contributed by atoms with Crippen molar-refractivity contribution in [3.05, 3.63) is 90.0 Å². The molecule has 0 saturated carbocycles. The number of nitrogens with two attached hydrogens (primary N) is 3. The third-order valence-electron chi connectivity index (χ3n) is 8.86. The zero-order chi connectivity index (χ0) is 39.0. The van der Waals surface area contributed by atoms with E-state index in [0.717, 1.165) is 24.9 Å². The standard InChI is InChI=1S/C35H52N8O4.C6H7N/c1-2-3-4-5-6-7-8-9-10-11-12-13-14-15-16-21-26-38-33-39-34(42(36)31(46)27-22-17-19-24-29(27)44)41-35(40-33)43(37)32(47)28-23-18-20-25-30(28)45;7-6-4-2-1-3-5-6/h17-20,22-25,44-45H,2-16,21,26,36-37H2,1H3,(H,38,39,40,41);1-5H,7H2. The van der Waals surface area contributed by atoms with Gasteiger partial charge in [-0.1, -0.05) is 146 Å². The lowest BCUT2D eigenvalue weighted by Crippen LogP contribution is -2.42. The number of hydrogen-bond acceptors (Lipinski definition) is 11. The molecule has 0 aliphatic heterocycles. The van der Waals surface area contributed by atoms with Crippen LogP contribution in [0.15, 0.2) is 78.9 Å². The van der Waals surface area contributed by atoms with Crippen molar-refractivity contribution in [1.82, 2.24) is 15.0 Å². The van der Waals surface area contributed by atoms with Crippen LogP contribution in [0.1, 0.15) is 130 Å². The molecule has 9 N–H and O–H groups in total. The Bertz CT molecular complexity index is 1590. The number of hydrogen-bond donors (Lipinski definition) is 6. The van der Waals surface area contributed by atoms with E-state index in [2.05, 4.69) is 27.2 Å². The zero-order valence-electron chi connectivity index (χ0n) is 31.7. The molecule has 2 amide bonds. The molecule has 0 aliphatic rings. The van der Waals surface area contributed by atoms with E-state index < -0.39 is 11.8 Å². The number of aromatic nitrogens is 3. The van der Waals surface area contributed by atoms with Gasteiger partial charge in [0.25, 0.3) is 23.7 Å². The van der Waals surface area contributed by atoms with Gasteiger partial charge in [-0.3, -0.25) is 9.59 Å². The Morgan fingerprint density at radius 1 is 0.556 bits per heavy atom. The van der Waals surface area contributed by atoms with Gasteiger partial charge in [-0.05, 0) is 42.8 Å². The van der Waals surface area contributed by atoms with Crippen LogP contribution in [-0.2, 0) is 0 Å². The van der Waals surface area contributed by atoms with Gasteiger partial charge < -0.3 is 21.3 Å². The number of rotatable bonds is 22. The summed E-state index contributed by atoms with van der Waals surface area (Å²) in [5.41, 5.74) is 6.06. The molecule has 0 spiro atoms. The number of amides is 2. The van der Waals surface area contributed by atoms with Gasteiger partial charge in [0.2, 0.25) is 5.95 Å². The van der Waals surface area contributed by atoms with E-state index in [0.29, 0.717) is 16.6 Å². The minimum atomic E-state index is -0.778. The molecule has 292 valence electrons. The van der Waals surface area contributed by atoms with Gasteiger partial charge >= 0.3 is 0 Å². The first-order valence-electron chi connectivity index (χ1n) is 19.3. The topological polar surface area (TPSA) is 210 Å². The third-order valence-corrected chi connectivity index (χ3v) is 8.86. The normalized spacial score (nSPS) is 10.6. The quantitative estimate of drug-likeness (QED) is 0.0148. The fourth-order valence-electron chi connectivity index (χ4n) is 5.72. The first-order chi connectivity index (χ1) is 26.2. The molecular weight excluding hydrogens is 683 g/mol. The Morgan fingerprint density at radius 3 is 1.30 bits per heavy atom. The molecule has 13 nitrogen and oxygen atoms in total. The van der Waals surface area contributed by atoms with Crippen molar-refractivity contribution in [3.8, 4) is 11.5 Å². The van der Waals surface area contributed by atoms with Gasteiger partial charge in [-0.25, -0.2) is 21.7 Å². The fraction of sp³-hybridized carbons (Fsp3) is 0.439. The van der Waals surface area contributed by atoms with E-state index in [4.69, 9.17) is 17.4 Å². The summed E-state index contributed by atoms with van der Waals surface area (Å²) in [4.78, 5) is 38.8. The molecule has 0 saturated heterocycles. The third kappa shape index (κ3) is 15.4. The average molecular weight is 742 g/mol. The highest BCUT2D eigenvalue weighted by Crippen LogP contribution is 2.23. The average Bonchev–Trinajstić information content (AvgIpc) is 3.18. The van der Waals surface area contributed by atoms with Crippen LogP contribution in [0.25, 0.3) is 0 Å². The van der Waals surface area contributed by atoms with Crippen LogP contribution < -0.4 is 32.8 Å². The Morgan fingerprint density at radius 2 is 0.926 bits per heavy atom. The van der Waals surface area contributed by atoms with Crippen molar-refractivity contribution in [2.24, 2.45) is 11.7 Å². The van der Waals surface area contributed by atoms with Crippen molar-refractivity contribution in [3.63, 3.8) is 0 Å². The molecule has 3 aromatic carbocycles. The van der Waals surface area contributed by atoms with Gasteiger partial charge in [0.05, 0.1) is 11.1 Å². The first kappa shape index (κ1) is 43.1. The Balaban J connectivity index is 0.00000100. The number of unbranched alkanes of at least 4 members (excludes halogenated alkanes) is 15. The second-order valence-electron chi connectivity index (χ2n) is 13.3. The van der Waals surface area contributed by atoms with E-state index >= 15 is 0 Å². The number of hydrazine groups is 2. The number of aromatic hydroxyl groups is 2. The largest absolute Gasteiger partial charge is 0.507 e. The molecule has 0 radical (unpaired) electrons. The number of benzene rings is 3. The predicted molar refractivity (Wildman–Crippen MR) is 217 cm³/mol. The van der Waals surface area contributed by atoms with Crippen LogP contribution in [0, 0.1) is 0 Å². The number of carbonyl (C=O) groups is 2. The number of nitrogens with zero attached hydrogens (tertiary/aromatic N) is 5. The summed E-state index contributed by atoms with van der Waals surface area (Å²) in [6, 6.07) is 21.3. The summed E-state index contributed by atoms with van der Waals surface area (Å²) in [7, 11) is 0. The van der Waals surface area contributed by atoms with Crippen LogP contribution >= 0.6 is 0 Å². The highest BCUT2D eigenvalue weighted by atomic mass is 16.3. The Labute approximate surface area is 320 Å². The van der Waals surface area contributed by atoms with Crippen molar-refractivity contribution in [2.75, 3.05) is 27.6 Å². The van der Waals surface area contributed by atoms with Crippen molar-refractivity contribution in [2.45, 2.75) is 110 Å². The number of nitrogens with one attached hydrogen (secondary N) is 1. The van der Waals surface area contributed by atoms with Crippen molar-refractivity contribution >= 4 is 35.3 Å². The minimum Gasteiger partial charge on any atom is -0.507 e. The number of phenolic OH excluding ortho intramolecular Hbond substituents is 2. The maximum absolute atomic E-state index is 13.1. The molecule has 13 heteroatoms. The smallest absolute Gasteiger partial charge is 0.278 e. The summed E-state index contributed by atoms with van der Waals surface area (Å²) in [5, 5.41) is 24.7. The molecule has 0 atom stereocenters. The molecule has 1 heterocycles. The van der Waals surface area contributed by atoms with E-state index in [1.807, 2.05) is 30.3 Å². The summed E-state index contributed by atoms with van der Waals surface area (Å²) < 4.78 is 0. The molecule has 0 unspecified atom stereocenters. The minimum absolute atomic E-state index is 0.0606. The summed E-state index contributed by atoms with van der Waals surface area (Å²) in [6.45, 7) is 2.80. The zero-order valence-corrected chi connectivity index (χ0v) is 31.7. The Kier molecular flexibility index (Phi) is 19.9. The van der Waals surface area contributed by atoms with E-state index in [1.165, 1.54) is 108 Å². The molecule has 54 heavy (non-hydrogen) atoms. The maximum Gasteiger partial charge on any atom is 0.278 e. The number of phenols is 2. The van der Waals surface area contributed by atoms with Crippen LogP contribution in [-0.4, -0.2) is 43.5 Å². The molecule has 4 aromatic rings. The van der Waals surface area contributed by atoms with Gasteiger partial charge in [0.15, 0.2) is 0 Å². The number of nitrogen functional groups attached to an aromatic ring is 1. The predicted octanol–water partition coefficient (Wildman–Crippen LogP) is 8.27. The maximum atomic E-state index is 13.1. The first-order valence-corrected chi connectivity index (χ1v) is 19.3. The van der Waals surface area contributed by atoms with E-state index in [-0.39, 0.29) is 40.5 Å². The summed E-state index contributed by atoms with van der Waals surface area (Å²) in [5.74, 6) is 9.57. The van der Waals surface area contributed by atoms with Gasteiger partial charge in [0.1, 0.15) is 11.5 Å². The second kappa shape index (κ2) is 24.9. The fourth-order valence-corrected chi connectivity index (χ4v) is 5.72. The number of anilines is 4. The molecule has 0 aliphatic carbocycles. The van der Waals surface area contributed by atoms with Crippen molar-refractivity contribution in [1.29, 1.82) is 0 Å². The SMILES string of the molecule is CCCCCCCCCCCCCCCCCCNc1nc(N(N)C(=O)c2ccccc2O)nc(N(N)C(=O)c2ccccc2O)n1.Nc1ccccc1. The summed E-state index contributed by atoms with van der Waals surface area (Å²) in [6.07, 6.45) is 20.4. The molecule has 4 rings (SSSR count). The molecule has 0 bridgehead atoms. The van der Waals surface area contributed by atoms with Crippen LogP contribution in [0.4, 0.5) is 23.5 Å². The molecule has 1 aromatic heterocycles. The molecule has 0 fully saturated rings. The van der Waals surface area contributed by atoms with Gasteiger partial charge in [0, 0.05) is 12.2 Å². The molecular formula is C41H59N9O4. The lowest BCUT2D eigenvalue weighted by molar-refractivity contribution is 0.0977. The van der Waals surface area contributed by atoms with E-state index in [9.17, 15) is 19.8 Å². The van der Waals surface area contributed by atoms with Gasteiger partial charge in [-0.2, -0.15) is 15.0 Å². The second-order valence-corrected chi connectivity index (χ2v) is 13.3. The van der Waals surface area contributed by atoms with Crippen LogP contribution in [0.3, 0.4) is 0 Å². The Hall–Kier alpha value is -5.27. The number of carbonyl (C=O) groups excluding carboxylic acids is 2. The highest BCUT2D eigenvalue weighted by Gasteiger charge is 2.25. The number of para-hydroxylation sites is 3. The van der Waals surface area contributed by atoms with Gasteiger partial charge in [-0.15, -0.1) is 0 Å². The lowest BCUT2D eigenvalue weighted by atomic mass is 10.0. The van der Waals surface area contributed by atoms with Crippen molar-refractivity contribution < 1.29 is 19.8 Å².